The minimum absolute atomic E-state index is 0.0239. The average molecular weight is 264 g/mol. The Balaban J connectivity index is 1.73. The van der Waals surface area contributed by atoms with Crippen LogP contribution in [0.5, 0.6) is 5.88 Å². The van der Waals surface area contributed by atoms with Gasteiger partial charge in [0.15, 0.2) is 5.65 Å². The van der Waals surface area contributed by atoms with Gasteiger partial charge < -0.3 is 20.2 Å². The molecule has 0 aliphatic carbocycles. The highest BCUT2D eigenvalue weighted by Gasteiger charge is 2.31. The molecular weight excluding hydrogens is 248 g/mol. The standard InChI is InChI=1S/C11H16N6O2/c1-11(2)15-3-6(19-11)4-18-9-7-8(14-5-13-7)16-10(12)17-9/h5-6,15H,3-4H2,1-2H3,(H3,12,13,14,16,17). The molecule has 0 amide bonds. The summed E-state index contributed by atoms with van der Waals surface area (Å²) in [6.07, 6.45) is 1.51. The van der Waals surface area contributed by atoms with E-state index in [0.29, 0.717) is 23.7 Å². The van der Waals surface area contributed by atoms with E-state index in [1.807, 2.05) is 13.8 Å². The number of anilines is 1. The predicted octanol–water partition coefficient (Wildman–Crippen LogP) is 0.0384. The molecule has 0 spiro atoms. The minimum atomic E-state index is -0.317. The number of aromatic amines is 1. The summed E-state index contributed by atoms with van der Waals surface area (Å²) in [5.74, 6) is 0.536. The molecule has 2 aromatic heterocycles. The first-order valence-corrected chi connectivity index (χ1v) is 6.06. The molecular formula is C11H16N6O2. The maximum absolute atomic E-state index is 5.76. The second-order valence-corrected chi connectivity index (χ2v) is 4.93. The number of imidazole rings is 1. The molecule has 1 atom stereocenters. The molecule has 0 aromatic carbocycles. The van der Waals surface area contributed by atoms with Crippen molar-refractivity contribution in [3.63, 3.8) is 0 Å². The largest absolute Gasteiger partial charge is 0.473 e. The molecule has 3 heterocycles. The molecule has 0 saturated carbocycles. The van der Waals surface area contributed by atoms with Crippen LogP contribution >= 0.6 is 0 Å². The van der Waals surface area contributed by atoms with E-state index in [2.05, 4.69) is 25.3 Å². The van der Waals surface area contributed by atoms with E-state index in [4.69, 9.17) is 15.2 Å². The van der Waals surface area contributed by atoms with Gasteiger partial charge in [0, 0.05) is 6.54 Å². The molecule has 19 heavy (non-hydrogen) atoms. The summed E-state index contributed by atoms with van der Waals surface area (Å²) < 4.78 is 11.4. The summed E-state index contributed by atoms with van der Waals surface area (Å²) in [6.45, 7) is 5.08. The normalized spacial score (nSPS) is 21.9. The second kappa shape index (κ2) is 4.32. The van der Waals surface area contributed by atoms with E-state index < -0.39 is 0 Å². The Morgan fingerprint density at radius 2 is 2.37 bits per heavy atom. The Labute approximate surface area is 109 Å². The van der Waals surface area contributed by atoms with Gasteiger partial charge in [-0.3, -0.25) is 5.32 Å². The number of fused-ring (bicyclic) bond motifs is 1. The van der Waals surface area contributed by atoms with Crippen molar-refractivity contribution < 1.29 is 9.47 Å². The van der Waals surface area contributed by atoms with Crippen LogP contribution in [0.4, 0.5) is 5.95 Å². The molecule has 102 valence electrons. The Kier molecular flexibility index (Phi) is 2.76. The van der Waals surface area contributed by atoms with Crippen LogP contribution in [-0.4, -0.2) is 44.9 Å². The number of nitrogens with zero attached hydrogens (tertiary/aromatic N) is 3. The number of nitrogens with one attached hydrogen (secondary N) is 2. The number of aromatic nitrogens is 4. The van der Waals surface area contributed by atoms with Crippen LogP contribution in [0.1, 0.15) is 13.8 Å². The van der Waals surface area contributed by atoms with Gasteiger partial charge in [-0.2, -0.15) is 9.97 Å². The second-order valence-electron chi connectivity index (χ2n) is 4.93. The third-order valence-electron chi connectivity index (χ3n) is 2.89. The van der Waals surface area contributed by atoms with E-state index in [9.17, 15) is 0 Å². The average Bonchev–Trinajstić information content (AvgIpc) is 2.92. The number of nitrogens with two attached hydrogens (primary N) is 1. The van der Waals surface area contributed by atoms with Crippen LogP contribution in [0.2, 0.25) is 0 Å². The van der Waals surface area contributed by atoms with Crippen LogP contribution in [0.15, 0.2) is 6.33 Å². The first-order valence-electron chi connectivity index (χ1n) is 6.06. The highest BCUT2D eigenvalue weighted by Crippen LogP contribution is 2.21. The van der Waals surface area contributed by atoms with Gasteiger partial charge in [0.2, 0.25) is 11.8 Å². The smallest absolute Gasteiger partial charge is 0.245 e. The molecule has 1 unspecified atom stereocenters. The quantitative estimate of drug-likeness (QED) is 0.717. The van der Waals surface area contributed by atoms with Crippen molar-refractivity contribution in [2.75, 3.05) is 18.9 Å². The Bertz CT molecular complexity index is 596. The van der Waals surface area contributed by atoms with Gasteiger partial charge in [-0.05, 0) is 13.8 Å². The third kappa shape index (κ3) is 2.45. The number of ether oxygens (including phenoxy) is 2. The molecule has 1 aliphatic heterocycles. The number of hydrogen-bond acceptors (Lipinski definition) is 7. The molecule has 3 rings (SSSR count). The molecule has 8 nitrogen and oxygen atoms in total. The third-order valence-corrected chi connectivity index (χ3v) is 2.89. The molecule has 8 heteroatoms. The topological polar surface area (TPSA) is 111 Å². The summed E-state index contributed by atoms with van der Waals surface area (Å²) in [7, 11) is 0. The monoisotopic (exact) mass is 264 g/mol. The van der Waals surface area contributed by atoms with Crippen molar-refractivity contribution in [3.05, 3.63) is 6.33 Å². The molecule has 1 aliphatic rings. The van der Waals surface area contributed by atoms with Gasteiger partial charge >= 0.3 is 0 Å². The van der Waals surface area contributed by atoms with Crippen LogP contribution < -0.4 is 15.8 Å². The van der Waals surface area contributed by atoms with Crippen LogP contribution in [0, 0.1) is 0 Å². The van der Waals surface area contributed by atoms with Crippen molar-refractivity contribution >= 4 is 17.1 Å². The summed E-state index contributed by atoms with van der Waals surface area (Å²) in [6, 6.07) is 0. The first kappa shape index (κ1) is 12.1. The molecule has 0 radical (unpaired) electrons. The molecule has 1 fully saturated rings. The van der Waals surface area contributed by atoms with E-state index >= 15 is 0 Å². The zero-order valence-corrected chi connectivity index (χ0v) is 10.8. The van der Waals surface area contributed by atoms with E-state index in [-0.39, 0.29) is 17.8 Å². The zero-order valence-electron chi connectivity index (χ0n) is 10.8. The van der Waals surface area contributed by atoms with E-state index in [1.54, 1.807) is 0 Å². The zero-order chi connectivity index (χ0) is 13.5. The van der Waals surface area contributed by atoms with Gasteiger partial charge in [-0.15, -0.1) is 0 Å². The Morgan fingerprint density at radius 3 is 3.11 bits per heavy atom. The maximum Gasteiger partial charge on any atom is 0.245 e. The van der Waals surface area contributed by atoms with Crippen molar-refractivity contribution in [1.29, 1.82) is 0 Å². The lowest BCUT2D eigenvalue weighted by molar-refractivity contribution is -0.0387. The molecule has 0 bridgehead atoms. The van der Waals surface area contributed by atoms with E-state index in [1.165, 1.54) is 6.33 Å². The summed E-state index contributed by atoms with van der Waals surface area (Å²) in [5, 5.41) is 3.25. The summed E-state index contributed by atoms with van der Waals surface area (Å²) in [4.78, 5) is 15.0. The fraction of sp³-hybridized carbons (Fsp3) is 0.545. The summed E-state index contributed by atoms with van der Waals surface area (Å²) in [5.41, 5.74) is 6.43. The minimum Gasteiger partial charge on any atom is -0.473 e. The number of rotatable bonds is 3. The highest BCUT2D eigenvalue weighted by molar-refractivity contribution is 5.76. The van der Waals surface area contributed by atoms with E-state index in [0.717, 1.165) is 6.54 Å². The van der Waals surface area contributed by atoms with Crippen molar-refractivity contribution in [2.24, 2.45) is 0 Å². The Hall–Kier alpha value is -1.93. The number of nitrogen functional groups attached to an aromatic ring is 1. The van der Waals surface area contributed by atoms with Crippen LogP contribution in [0.25, 0.3) is 11.2 Å². The van der Waals surface area contributed by atoms with Crippen LogP contribution in [-0.2, 0) is 4.74 Å². The lowest BCUT2D eigenvalue weighted by Gasteiger charge is -2.18. The number of H-pyrrole nitrogens is 1. The number of hydrogen-bond donors (Lipinski definition) is 3. The molecule has 2 aromatic rings. The Morgan fingerprint density at radius 1 is 1.53 bits per heavy atom. The van der Waals surface area contributed by atoms with Crippen molar-refractivity contribution in [1.82, 2.24) is 25.3 Å². The lowest BCUT2D eigenvalue weighted by Crippen LogP contribution is -2.33. The van der Waals surface area contributed by atoms with Crippen LogP contribution in [0.3, 0.4) is 0 Å². The predicted molar refractivity (Wildman–Crippen MR) is 68.5 cm³/mol. The molecule has 1 saturated heterocycles. The lowest BCUT2D eigenvalue weighted by atomic mass is 10.3. The van der Waals surface area contributed by atoms with Gasteiger partial charge in [0.05, 0.1) is 6.33 Å². The van der Waals surface area contributed by atoms with Crippen molar-refractivity contribution in [3.8, 4) is 5.88 Å². The van der Waals surface area contributed by atoms with Gasteiger partial charge in [-0.25, -0.2) is 4.98 Å². The van der Waals surface area contributed by atoms with Crippen molar-refractivity contribution in [2.45, 2.75) is 25.7 Å². The SMILES string of the molecule is CC1(C)NCC(COc2nc(N)nc3nc[nH]c23)O1. The first-order chi connectivity index (χ1) is 9.03. The highest BCUT2D eigenvalue weighted by atomic mass is 16.6. The maximum atomic E-state index is 5.76. The summed E-state index contributed by atoms with van der Waals surface area (Å²) >= 11 is 0. The fourth-order valence-corrected chi connectivity index (χ4v) is 2.05. The molecule has 4 N–H and O–H groups in total. The fourth-order valence-electron chi connectivity index (χ4n) is 2.05. The van der Waals surface area contributed by atoms with Gasteiger partial charge in [-0.1, -0.05) is 0 Å². The van der Waals surface area contributed by atoms with Gasteiger partial charge in [0.25, 0.3) is 0 Å². The van der Waals surface area contributed by atoms with Gasteiger partial charge in [0.1, 0.15) is 24.0 Å².